The number of aromatic nitrogens is 1. The monoisotopic (exact) mass is 395 g/mol. The molecule has 0 aliphatic heterocycles. The van der Waals surface area contributed by atoms with Crippen LogP contribution < -0.4 is 15.1 Å². The number of fused-ring (bicyclic) bond motifs is 1. The van der Waals surface area contributed by atoms with Crippen molar-refractivity contribution in [2.24, 2.45) is 0 Å². The zero-order valence-corrected chi connectivity index (χ0v) is 16.9. The van der Waals surface area contributed by atoms with Gasteiger partial charge in [-0.2, -0.15) is 0 Å². The van der Waals surface area contributed by atoms with Gasteiger partial charge in [0.1, 0.15) is 0 Å². The van der Waals surface area contributed by atoms with Crippen molar-refractivity contribution in [3.63, 3.8) is 0 Å². The van der Waals surface area contributed by atoms with Crippen molar-refractivity contribution >= 4 is 22.8 Å². The van der Waals surface area contributed by atoms with Gasteiger partial charge in [0, 0.05) is 19.4 Å². The van der Waals surface area contributed by atoms with Crippen LogP contribution in [0.4, 0.5) is 0 Å². The summed E-state index contributed by atoms with van der Waals surface area (Å²) in [6.45, 7) is 8.63. The number of ether oxygens (including phenoxy) is 2. The Morgan fingerprint density at radius 3 is 2.21 bits per heavy atom. The molecular weight excluding hydrogens is 374 g/mol. The summed E-state index contributed by atoms with van der Waals surface area (Å²) in [5.41, 5.74) is 1.24. The second kappa shape index (κ2) is 7.50. The molecule has 0 fully saturated rings. The molecule has 0 aliphatic carbocycles. The molecular formula is C22H21NO6. The maximum atomic E-state index is 12.6. The number of rotatable bonds is 3. The lowest BCUT2D eigenvalue weighted by atomic mass is 9.86. The predicted octanol–water partition coefficient (Wildman–Crippen LogP) is 4.00. The second-order valence-corrected chi connectivity index (χ2v) is 7.64. The molecule has 0 radical (unpaired) electrons. The highest BCUT2D eigenvalue weighted by Crippen LogP contribution is 2.33. The number of hydrogen-bond donors (Lipinski definition) is 0. The first-order chi connectivity index (χ1) is 13.5. The first-order valence-electron chi connectivity index (χ1n) is 9.01. The molecule has 0 spiro atoms. The normalized spacial score (nSPS) is 11.3. The van der Waals surface area contributed by atoms with Crippen molar-refractivity contribution in [1.29, 1.82) is 0 Å². The molecule has 0 unspecified atom stereocenters. The second-order valence-electron chi connectivity index (χ2n) is 7.64. The Bertz CT molecular complexity index is 1170. The molecule has 3 aromatic rings. The van der Waals surface area contributed by atoms with Gasteiger partial charge in [0.15, 0.2) is 11.5 Å². The Balaban J connectivity index is 2.11. The maximum absolute atomic E-state index is 12.6. The minimum absolute atomic E-state index is 0.0258. The van der Waals surface area contributed by atoms with Crippen molar-refractivity contribution in [3.8, 4) is 23.0 Å². The van der Waals surface area contributed by atoms with E-state index in [0.29, 0.717) is 16.5 Å². The molecule has 0 N–H and O–H groups in total. The van der Waals surface area contributed by atoms with Crippen LogP contribution in [-0.2, 0) is 15.0 Å². The third-order valence-electron chi connectivity index (χ3n) is 4.19. The van der Waals surface area contributed by atoms with Crippen LogP contribution in [-0.4, -0.2) is 16.9 Å². The Kier molecular flexibility index (Phi) is 5.24. The topological polar surface area (TPSA) is 95.7 Å². The molecule has 0 saturated carbocycles. The molecule has 7 nitrogen and oxygen atoms in total. The lowest BCUT2D eigenvalue weighted by Gasteiger charge is -2.19. The highest BCUT2D eigenvalue weighted by Gasteiger charge is 2.18. The molecule has 0 amide bonds. The van der Waals surface area contributed by atoms with Crippen LogP contribution in [0.3, 0.4) is 0 Å². The first-order valence-corrected chi connectivity index (χ1v) is 9.01. The van der Waals surface area contributed by atoms with Gasteiger partial charge >= 0.3 is 17.6 Å². The van der Waals surface area contributed by atoms with Gasteiger partial charge in [-0.3, -0.25) is 9.59 Å². The highest BCUT2D eigenvalue weighted by molar-refractivity contribution is 5.80. The van der Waals surface area contributed by atoms with Crippen LogP contribution in [0.1, 0.15) is 40.2 Å². The minimum atomic E-state index is -0.585. The minimum Gasteiger partial charge on any atom is -0.423 e. The Hall–Kier alpha value is -3.48. The molecule has 29 heavy (non-hydrogen) atoms. The smallest absolute Gasteiger partial charge is 0.347 e. The molecule has 0 aliphatic rings. The molecule has 0 bridgehead atoms. The van der Waals surface area contributed by atoms with Crippen LogP contribution in [0.2, 0.25) is 0 Å². The van der Waals surface area contributed by atoms with E-state index in [4.69, 9.17) is 13.9 Å². The number of carbonyl (C=O) groups is 2. The number of nitrogens with zero attached hydrogens (tertiary/aromatic N) is 1. The van der Waals surface area contributed by atoms with E-state index in [1.807, 2.05) is 6.07 Å². The molecule has 2 aromatic carbocycles. The predicted molar refractivity (Wildman–Crippen MR) is 107 cm³/mol. The summed E-state index contributed by atoms with van der Waals surface area (Å²) in [6.07, 6.45) is 0. The van der Waals surface area contributed by atoms with Gasteiger partial charge in [0.05, 0.1) is 10.9 Å². The van der Waals surface area contributed by atoms with Gasteiger partial charge < -0.3 is 13.9 Å². The average Bonchev–Trinajstić information content (AvgIpc) is 2.61. The van der Waals surface area contributed by atoms with Crippen molar-refractivity contribution in [1.82, 2.24) is 4.98 Å². The zero-order valence-electron chi connectivity index (χ0n) is 16.9. The van der Waals surface area contributed by atoms with Gasteiger partial charge in [-0.05, 0) is 41.3 Å². The summed E-state index contributed by atoms with van der Waals surface area (Å²) in [5, 5.41) is 0.387. The molecule has 0 atom stereocenters. The summed E-state index contributed by atoms with van der Waals surface area (Å²) < 4.78 is 15.6. The fraction of sp³-hybridized carbons (Fsp3) is 0.273. The quantitative estimate of drug-likeness (QED) is 0.488. The SMILES string of the molecule is CC(=O)Oc1ccc(-c2nc3ccc(C(C)(C)C)cc3c(=O)o2)cc1OC(C)=O. The fourth-order valence-electron chi connectivity index (χ4n) is 2.78. The number of benzene rings is 2. The van der Waals surface area contributed by atoms with Crippen LogP contribution in [0, 0.1) is 0 Å². The Morgan fingerprint density at radius 2 is 1.59 bits per heavy atom. The van der Waals surface area contributed by atoms with Crippen LogP contribution in [0.15, 0.2) is 45.6 Å². The van der Waals surface area contributed by atoms with Gasteiger partial charge in [-0.1, -0.05) is 26.8 Å². The summed E-state index contributed by atoms with van der Waals surface area (Å²) in [4.78, 5) is 39.6. The van der Waals surface area contributed by atoms with E-state index in [2.05, 4.69) is 25.8 Å². The van der Waals surface area contributed by atoms with Crippen LogP contribution >= 0.6 is 0 Å². The van der Waals surface area contributed by atoms with Crippen molar-refractivity contribution < 1.29 is 23.5 Å². The summed E-state index contributed by atoms with van der Waals surface area (Å²) in [6, 6.07) is 9.92. The standard InChI is InChI=1S/C22H21NO6/c1-12(24)27-18-9-6-14(10-19(18)28-13(2)25)20-23-17-8-7-15(22(3,4)5)11-16(17)21(26)29-20/h6-11H,1-5H3. The highest BCUT2D eigenvalue weighted by atomic mass is 16.6. The summed E-state index contributed by atoms with van der Waals surface area (Å²) in [5.74, 6) is -0.977. The average molecular weight is 395 g/mol. The Morgan fingerprint density at radius 1 is 0.931 bits per heavy atom. The number of esters is 2. The lowest BCUT2D eigenvalue weighted by Crippen LogP contribution is -2.12. The largest absolute Gasteiger partial charge is 0.423 e. The lowest BCUT2D eigenvalue weighted by molar-refractivity contribution is -0.134. The van der Waals surface area contributed by atoms with Crippen LogP contribution in [0.5, 0.6) is 11.5 Å². The van der Waals surface area contributed by atoms with Crippen molar-refractivity contribution in [2.75, 3.05) is 0 Å². The van der Waals surface area contributed by atoms with E-state index in [0.717, 1.165) is 5.56 Å². The van der Waals surface area contributed by atoms with Gasteiger partial charge in [0.2, 0.25) is 5.89 Å². The first kappa shape index (κ1) is 20.3. The maximum Gasteiger partial charge on any atom is 0.347 e. The van der Waals surface area contributed by atoms with Crippen molar-refractivity contribution in [2.45, 2.75) is 40.0 Å². The van der Waals surface area contributed by atoms with E-state index < -0.39 is 17.6 Å². The van der Waals surface area contributed by atoms with Gasteiger partial charge in [-0.25, -0.2) is 9.78 Å². The van der Waals surface area contributed by atoms with E-state index in [9.17, 15) is 14.4 Å². The van der Waals surface area contributed by atoms with E-state index in [1.165, 1.54) is 26.0 Å². The number of carbonyl (C=O) groups excluding carboxylic acids is 2. The van der Waals surface area contributed by atoms with E-state index >= 15 is 0 Å². The molecule has 3 rings (SSSR count). The zero-order chi connectivity index (χ0) is 21.3. The molecule has 1 heterocycles. The van der Waals surface area contributed by atoms with Gasteiger partial charge in [0.25, 0.3) is 0 Å². The van der Waals surface area contributed by atoms with Crippen LogP contribution in [0.25, 0.3) is 22.4 Å². The Labute approximate surface area is 167 Å². The third kappa shape index (κ3) is 4.51. The molecule has 150 valence electrons. The van der Waals surface area contributed by atoms with Gasteiger partial charge in [-0.15, -0.1) is 0 Å². The van der Waals surface area contributed by atoms with E-state index in [1.54, 1.807) is 18.2 Å². The number of hydrogen-bond acceptors (Lipinski definition) is 7. The fourth-order valence-corrected chi connectivity index (χ4v) is 2.78. The molecule has 1 aromatic heterocycles. The van der Waals surface area contributed by atoms with Crippen molar-refractivity contribution in [3.05, 3.63) is 52.4 Å². The van der Waals surface area contributed by atoms with E-state index in [-0.39, 0.29) is 22.8 Å². The molecule has 0 saturated heterocycles. The summed E-state index contributed by atoms with van der Waals surface area (Å²) >= 11 is 0. The summed E-state index contributed by atoms with van der Waals surface area (Å²) in [7, 11) is 0. The molecule has 7 heteroatoms. The third-order valence-corrected chi connectivity index (χ3v) is 4.19.